The first kappa shape index (κ1) is 22.7. The van der Waals surface area contributed by atoms with Crippen LogP contribution < -0.4 is 15.8 Å². The highest BCUT2D eigenvalue weighted by Crippen LogP contribution is 2.37. The first-order chi connectivity index (χ1) is 15.0. The predicted molar refractivity (Wildman–Crippen MR) is 101 cm³/mol. The maximum absolute atomic E-state index is 14.8. The number of benzene rings is 3. The van der Waals surface area contributed by atoms with Crippen LogP contribution in [0.15, 0.2) is 54.6 Å². The van der Waals surface area contributed by atoms with Gasteiger partial charge in [-0.15, -0.1) is 0 Å². The molecule has 0 spiro atoms. The third-order valence-corrected chi connectivity index (χ3v) is 4.17. The highest BCUT2D eigenvalue weighted by molar-refractivity contribution is 6.07. The van der Waals surface area contributed by atoms with Gasteiger partial charge in [0.25, 0.3) is 11.8 Å². The molecule has 0 aromatic heterocycles. The van der Waals surface area contributed by atoms with Crippen molar-refractivity contribution in [3.63, 3.8) is 0 Å². The molecule has 0 atom stereocenters. The van der Waals surface area contributed by atoms with Crippen LogP contribution in [0.5, 0.6) is 11.5 Å². The van der Waals surface area contributed by atoms with Crippen LogP contribution in [0.3, 0.4) is 0 Å². The van der Waals surface area contributed by atoms with Crippen molar-refractivity contribution in [2.24, 2.45) is 5.73 Å². The van der Waals surface area contributed by atoms with E-state index in [1.165, 1.54) is 0 Å². The number of primary amides is 1. The summed E-state index contributed by atoms with van der Waals surface area (Å²) in [5.74, 6) is -6.78. The van der Waals surface area contributed by atoms with Gasteiger partial charge in [-0.1, -0.05) is 0 Å². The summed E-state index contributed by atoms with van der Waals surface area (Å²) >= 11 is 0. The minimum atomic E-state index is -5.12. The zero-order chi connectivity index (χ0) is 23.6. The monoisotopic (exact) mass is 454 g/mol. The van der Waals surface area contributed by atoms with E-state index < -0.39 is 57.9 Å². The number of ether oxygens (including phenoxy) is 1. The van der Waals surface area contributed by atoms with Gasteiger partial charge in [-0.2, -0.15) is 13.2 Å². The van der Waals surface area contributed by atoms with E-state index in [9.17, 15) is 35.9 Å². The Hall–Kier alpha value is -4.02. The molecule has 0 fully saturated rings. The lowest BCUT2D eigenvalue weighted by Gasteiger charge is -2.16. The number of anilines is 1. The second kappa shape index (κ2) is 8.61. The topological polar surface area (TPSA) is 81.4 Å². The van der Waals surface area contributed by atoms with E-state index in [2.05, 4.69) is 5.32 Å². The van der Waals surface area contributed by atoms with Crippen LogP contribution in [0.2, 0.25) is 0 Å². The molecule has 0 radical (unpaired) electrons. The third kappa shape index (κ3) is 4.82. The molecule has 32 heavy (non-hydrogen) atoms. The average Bonchev–Trinajstić information content (AvgIpc) is 2.70. The molecular weight excluding hydrogens is 442 g/mol. The van der Waals surface area contributed by atoms with E-state index in [0.717, 1.165) is 48.5 Å². The van der Waals surface area contributed by atoms with E-state index >= 15 is 0 Å². The molecular formula is C21H12F6N2O3. The number of hydrogen-bond donors (Lipinski definition) is 2. The summed E-state index contributed by atoms with van der Waals surface area (Å²) < 4.78 is 86.2. The van der Waals surface area contributed by atoms with Crippen molar-refractivity contribution >= 4 is 17.5 Å². The molecule has 0 bridgehead atoms. The van der Waals surface area contributed by atoms with Gasteiger partial charge in [0.15, 0.2) is 5.82 Å². The molecule has 0 saturated heterocycles. The number of nitrogens with two attached hydrogens (primary N) is 1. The van der Waals surface area contributed by atoms with Gasteiger partial charge in [-0.25, -0.2) is 13.2 Å². The summed E-state index contributed by atoms with van der Waals surface area (Å²) in [6.07, 6.45) is -5.12. The summed E-state index contributed by atoms with van der Waals surface area (Å²) in [7, 11) is 0. The lowest BCUT2D eigenvalue weighted by Crippen LogP contribution is -2.19. The molecule has 3 aromatic carbocycles. The quantitative estimate of drug-likeness (QED) is 0.516. The second-order valence-electron chi connectivity index (χ2n) is 6.37. The van der Waals surface area contributed by atoms with E-state index in [-0.39, 0.29) is 11.4 Å². The van der Waals surface area contributed by atoms with E-state index in [0.29, 0.717) is 6.07 Å². The van der Waals surface area contributed by atoms with Crippen molar-refractivity contribution < 1.29 is 40.7 Å². The van der Waals surface area contributed by atoms with Gasteiger partial charge in [-0.3, -0.25) is 9.59 Å². The number of nitrogens with one attached hydrogen (secondary N) is 1. The van der Waals surface area contributed by atoms with Crippen molar-refractivity contribution in [3.05, 3.63) is 88.7 Å². The second-order valence-corrected chi connectivity index (χ2v) is 6.37. The Balaban J connectivity index is 2.05. The minimum absolute atomic E-state index is 0.0857. The average molecular weight is 454 g/mol. The molecule has 5 nitrogen and oxygen atoms in total. The van der Waals surface area contributed by atoms with E-state index in [1.807, 2.05) is 0 Å². The Labute approximate surface area is 176 Å². The van der Waals surface area contributed by atoms with E-state index in [4.69, 9.17) is 10.5 Å². The van der Waals surface area contributed by atoms with Gasteiger partial charge < -0.3 is 15.8 Å². The molecule has 0 aliphatic carbocycles. The zero-order valence-corrected chi connectivity index (χ0v) is 15.8. The fraction of sp³-hybridized carbons (Fsp3) is 0.0476. The number of carbonyl (C=O) groups is 2. The highest BCUT2D eigenvalue weighted by Gasteiger charge is 2.37. The van der Waals surface area contributed by atoms with Gasteiger partial charge >= 0.3 is 6.18 Å². The number of amides is 2. The highest BCUT2D eigenvalue weighted by atomic mass is 19.4. The van der Waals surface area contributed by atoms with Crippen molar-refractivity contribution in [1.29, 1.82) is 0 Å². The molecule has 3 rings (SSSR count). The summed E-state index contributed by atoms with van der Waals surface area (Å²) in [5.41, 5.74) is 1.32. The third-order valence-electron chi connectivity index (χ3n) is 4.17. The summed E-state index contributed by atoms with van der Waals surface area (Å²) in [6.45, 7) is 0. The standard InChI is InChI=1S/C21H12F6N2O3/c22-10-1-4-12(5-2-10)32-16-8-6-14(21(25,26)27)18(24)17(16)20(31)29-11-3-7-15(23)13(9-11)19(28)30/h1-9H,(H2,28,30)(H,29,31). The Bertz CT molecular complexity index is 1190. The zero-order valence-electron chi connectivity index (χ0n) is 15.8. The first-order valence-corrected chi connectivity index (χ1v) is 8.71. The Morgan fingerprint density at radius 3 is 2.16 bits per heavy atom. The van der Waals surface area contributed by atoms with Crippen LogP contribution >= 0.6 is 0 Å². The van der Waals surface area contributed by atoms with Crippen molar-refractivity contribution in [2.75, 3.05) is 5.32 Å². The smallest absolute Gasteiger partial charge is 0.419 e. The Morgan fingerprint density at radius 2 is 1.56 bits per heavy atom. The number of rotatable bonds is 5. The molecule has 0 aliphatic heterocycles. The van der Waals surface area contributed by atoms with Crippen LogP contribution in [0.25, 0.3) is 0 Å². The minimum Gasteiger partial charge on any atom is -0.456 e. The van der Waals surface area contributed by atoms with Crippen molar-refractivity contribution in [1.82, 2.24) is 0 Å². The van der Waals surface area contributed by atoms with Crippen LogP contribution in [-0.2, 0) is 6.18 Å². The predicted octanol–water partition coefficient (Wildman–Crippen LogP) is 5.27. The van der Waals surface area contributed by atoms with Crippen LogP contribution in [-0.4, -0.2) is 11.8 Å². The van der Waals surface area contributed by atoms with Crippen LogP contribution in [0.1, 0.15) is 26.3 Å². The number of carbonyl (C=O) groups excluding carboxylic acids is 2. The Morgan fingerprint density at radius 1 is 0.906 bits per heavy atom. The van der Waals surface area contributed by atoms with Gasteiger partial charge in [0.05, 0.1) is 11.1 Å². The summed E-state index contributed by atoms with van der Waals surface area (Å²) in [4.78, 5) is 23.9. The molecule has 0 unspecified atom stereocenters. The maximum atomic E-state index is 14.8. The molecule has 166 valence electrons. The fourth-order valence-corrected chi connectivity index (χ4v) is 2.69. The first-order valence-electron chi connectivity index (χ1n) is 8.71. The van der Waals surface area contributed by atoms with Gasteiger partial charge in [0.2, 0.25) is 0 Å². The van der Waals surface area contributed by atoms with Crippen molar-refractivity contribution in [3.8, 4) is 11.5 Å². The molecule has 2 amide bonds. The molecule has 3 N–H and O–H groups in total. The largest absolute Gasteiger partial charge is 0.456 e. The normalized spacial score (nSPS) is 11.2. The number of alkyl halides is 3. The lowest BCUT2D eigenvalue weighted by atomic mass is 10.1. The van der Waals surface area contributed by atoms with E-state index in [1.54, 1.807) is 0 Å². The number of halogens is 6. The lowest BCUT2D eigenvalue weighted by molar-refractivity contribution is -0.140. The van der Waals surface area contributed by atoms with Gasteiger partial charge in [0, 0.05) is 5.69 Å². The maximum Gasteiger partial charge on any atom is 0.419 e. The Kier molecular flexibility index (Phi) is 6.10. The van der Waals surface area contributed by atoms with Crippen molar-refractivity contribution in [2.45, 2.75) is 6.18 Å². The van der Waals surface area contributed by atoms with Crippen LogP contribution in [0.4, 0.5) is 32.0 Å². The van der Waals surface area contributed by atoms with Gasteiger partial charge in [-0.05, 0) is 54.6 Å². The molecule has 3 aromatic rings. The SMILES string of the molecule is NC(=O)c1cc(NC(=O)c2c(Oc3ccc(F)cc3)ccc(C(F)(F)F)c2F)ccc1F. The van der Waals surface area contributed by atoms with Crippen LogP contribution in [0, 0.1) is 17.5 Å². The molecule has 0 aliphatic rings. The molecule has 0 heterocycles. The fourth-order valence-electron chi connectivity index (χ4n) is 2.69. The summed E-state index contributed by atoms with van der Waals surface area (Å²) in [6, 6.07) is 7.93. The molecule has 11 heteroatoms. The van der Waals surface area contributed by atoms with Gasteiger partial charge in [0.1, 0.15) is 28.7 Å². The molecule has 0 saturated carbocycles. The summed E-state index contributed by atoms with van der Waals surface area (Å²) in [5, 5.41) is 2.07. The number of hydrogen-bond acceptors (Lipinski definition) is 3.